The highest BCUT2D eigenvalue weighted by molar-refractivity contribution is 5.62. The predicted molar refractivity (Wildman–Crippen MR) is 80.5 cm³/mol. The van der Waals surface area contributed by atoms with Gasteiger partial charge in [0.15, 0.2) is 0 Å². The Morgan fingerprint density at radius 2 is 1.94 bits per heavy atom. The zero-order chi connectivity index (χ0) is 13.4. The van der Waals surface area contributed by atoms with Gasteiger partial charge in [0.2, 0.25) is 0 Å². The zero-order valence-electron chi connectivity index (χ0n) is 10.9. The van der Waals surface area contributed by atoms with Gasteiger partial charge in [-0.3, -0.25) is 4.99 Å². The molecule has 1 aromatic rings. The third-order valence-corrected chi connectivity index (χ3v) is 2.31. The summed E-state index contributed by atoms with van der Waals surface area (Å²) in [4.78, 5) is 4.02. The number of allylic oxidation sites excluding steroid dienone is 3. The lowest BCUT2D eigenvalue weighted by molar-refractivity contribution is 1.53. The Hall–Kier alpha value is -2.33. The van der Waals surface area contributed by atoms with E-state index in [1.807, 2.05) is 38.1 Å². The third-order valence-electron chi connectivity index (χ3n) is 2.31. The molecule has 0 heterocycles. The average Bonchev–Trinajstić information content (AvgIpc) is 2.39. The van der Waals surface area contributed by atoms with E-state index in [0.29, 0.717) is 0 Å². The van der Waals surface area contributed by atoms with Crippen molar-refractivity contribution in [1.29, 1.82) is 0 Å². The Morgan fingerprint density at radius 3 is 2.44 bits per heavy atom. The molecule has 0 fully saturated rings. The SMILES string of the molecule is C=C/C(C#Cc1ccc(C(=C)C)cc1)=C\N=CC. The molecule has 0 aliphatic carbocycles. The molecule has 0 saturated heterocycles. The molecule has 0 amide bonds. The number of aliphatic imine (C=N–C) groups is 1. The van der Waals surface area contributed by atoms with Crippen molar-refractivity contribution in [2.24, 2.45) is 4.99 Å². The normalized spacial score (nSPS) is 10.9. The van der Waals surface area contributed by atoms with Crippen LogP contribution in [-0.4, -0.2) is 6.21 Å². The second-order valence-corrected chi connectivity index (χ2v) is 3.80. The lowest BCUT2D eigenvalue weighted by Gasteiger charge is -1.98. The van der Waals surface area contributed by atoms with Crippen LogP contribution in [0, 0.1) is 11.8 Å². The maximum absolute atomic E-state index is 4.02. The summed E-state index contributed by atoms with van der Waals surface area (Å²) < 4.78 is 0. The first-order valence-electron chi connectivity index (χ1n) is 5.75. The zero-order valence-corrected chi connectivity index (χ0v) is 10.9. The highest BCUT2D eigenvalue weighted by Gasteiger charge is 1.92. The smallest absolute Gasteiger partial charge is 0.0425 e. The molecule has 0 spiro atoms. The van der Waals surface area contributed by atoms with Crippen LogP contribution >= 0.6 is 0 Å². The summed E-state index contributed by atoms with van der Waals surface area (Å²) in [6.07, 6.45) is 5.11. The lowest BCUT2D eigenvalue weighted by Crippen LogP contribution is -1.79. The van der Waals surface area contributed by atoms with Gasteiger partial charge in [0.25, 0.3) is 0 Å². The van der Waals surface area contributed by atoms with E-state index in [1.54, 1.807) is 18.5 Å². The van der Waals surface area contributed by atoms with E-state index >= 15 is 0 Å². The standard InChI is InChI=1S/C17H17N/c1-5-15(13-18-6-2)7-8-16-9-11-17(12-10-16)14(3)4/h5-6,9-13H,1,3H2,2,4H3/b15-13+,18-6?. The minimum absolute atomic E-state index is 0.803. The summed E-state index contributed by atoms with van der Waals surface area (Å²) in [5.41, 5.74) is 3.96. The van der Waals surface area contributed by atoms with Crippen LogP contribution in [-0.2, 0) is 0 Å². The molecule has 0 aromatic heterocycles. The average molecular weight is 235 g/mol. The Morgan fingerprint density at radius 1 is 1.28 bits per heavy atom. The number of nitrogens with zero attached hydrogens (tertiary/aromatic N) is 1. The number of rotatable bonds is 3. The molecule has 1 heteroatoms. The minimum atomic E-state index is 0.803. The lowest BCUT2D eigenvalue weighted by atomic mass is 10.1. The fourth-order valence-electron chi connectivity index (χ4n) is 1.27. The Labute approximate surface area is 109 Å². The van der Waals surface area contributed by atoms with Gasteiger partial charge in [-0.2, -0.15) is 0 Å². The fraction of sp³-hybridized carbons (Fsp3) is 0.118. The molecule has 0 N–H and O–H groups in total. The largest absolute Gasteiger partial charge is 0.268 e. The van der Waals surface area contributed by atoms with E-state index < -0.39 is 0 Å². The van der Waals surface area contributed by atoms with Crippen molar-refractivity contribution >= 4 is 11.8 Å². The Bertz CT molecular complexity index is 546. The van der Waals surface area contributed by atoms with Crippen LogP contribution in [0.25, 0.3) is 5.57 Å². The molecular weight excluding hydrogens is 218 g/mol. The summed E-state index contributed by atoms with van der Waals surface area (Å²) in [6.45, 7) is 11.5. The van der Waals surface area contributed by atoms with Crippen LogP contribution in [0.2, 0.25) is 0 Å². The van der Waals surface area contributed by atoms with E-state index in [4.69, 9.17) is 0 Å². The number of benzene rings is 1. The van der Waals surface area contributed by atoms with Gasteiger partial charge in [0.1, 0.15) is 0 Å². The molecule has 0 bridgehead atoms. The van der Waals surface area contributed by atoms with Crippen LogP contribution in [0.15, 0.2) is 60.3 Å². The fourth-order valence-corrected chi connectivity index (χ4v) is 1.27. The summed E-state index contributed by atoms with van der Waals surface area (Å²) in [5, 5.41) is 0. The van der Waals surface area contributed by atoms with Gasteiger partial charge in [-0.1, -0.05) is 48.8 Å². The molecule has 0 aliphatic rings. The van der Waals surface area contributed by atoms with Gasteiger partial charge in [-0.25, -0.2) is 0 Å². The van der Waals surface area contributed by atoms with Crippen LogP contribution in [0.1, 0.15) is 25.0 Å². The van der Waals surface area contributed by atoms with Crippen LogP contribution in [0.4, 0.5) is 0 Å². The van der Waals surface area contributed by atoms with E-state index in [2.05, 4.69) is 30.0 Å². The first-order valence-corrected chi connectivity index (χ1v) is 5.75. The van der Waals surface area contributed by atoms with Crippen LogP contribution < -0.4 is 0 Å². The molecule has 0 aliphatic heterocycles. The van der Waals surface area contributed by atoms with Crippen molar-refractivity contribution in [3.8, 4) is 11.8 Å². The van der Waals surface area contributed by atoms with E-state index in [0.717, 1.165) is 22.3 Å². The van der Waals surface area contributed by atoms with E-state index in [1.165, 1.54) is 0 Å². The van der Waals surface area contributed by atoms with Crippen molar-refractivity contribution in [2.45, 2.75) is 13.8 Å². The molecule has 0 radical (unpaired) electrons. The van der Waals surface area contributed by atoms with Gasteiger partial charge in [-0.05, 0) is 31.5 Å². The first kappa shape index (κ1) is 13.7. The van der Waals surface area contributed by atoms with Gasteiger partial charge >= 0.3 is 0 Å². The van der Waals surface area contributed by atoms with Crippen LogP contribution in [0.5, 0.6) is 0 Å². The second kappa shape index (κ2) is 7.09. The Kier molecular flexibility index (Phi) is 5.41. The molecule has 1 rings (SSSR count). The summed E-state index contributed by atoms with van der Waals surface area (Å²) in [6, 6.07) is 8.02. The van der Waals surface area contributed by atoms with Gasteiger partial charge in [0, 0.05) is 23.6 Å². The molecule has 0 unspecified atom stereocenters. The molecule has 18 heavy (non-hydrogen) atoms. The highest BCUT2D eigenvalue weighted by Crippen LogP contribution is 2.11. The molecule has 0 atom stereocenters. The molecule has 0 saturated carbocycles. The molecule has 1 nitrogen and oxygen atoms in total. The topological polar surface area (TPSA) is 12.4 Å². The summed E-state index contributed by atoms with van der Waals surface area (Å²) in [7, 11) is 0. The van der Waals surface area contributed by atoms with Crippen molar-refractivity contribution < 1.29 is 0 Å². The molecular formula is C17H17N. The van der Waals surface area contributed by atoms with E-state index in [-0.39, 0.29) is 0 Å². The van der Waals surface area contributed by atoms with Crippen molar-refractivity contribution in [3.63, 3.8) is 0 Å². The van der Waals surface area contributed by atoms with Gasteiger partial charge < -0.3 is 0 Å². The summed E-state index contributed by atoms with van der Waals surface area (Å²) >= 11 is 0. The van der Waals surface area contributed by atoms with Crippen LogP contribution in [0.3, 0.4) is 0 Å². The van der Waals surface area contributed by atoms with Gasteiger partial charge in [-0.15, -0.1) is 0 Å². The molecule has 90 valence electrons. The quantitative estimate of drug-likeness (QED) is 0.422. The first-order chi connectivity index (χ1) is 8.67. The molecule has 1 aromatic carbocycles. The predicted octanol–water partition coefficient (Wildman–Crippen LogP) is 4.23. The van der Waals surface area contributed by atoms with Crippen molar-refractivity contribution in [3.05, 3.63) is 66.4 Å². The number of hydrogen-bond acceptors (Lipinski definition) is 1. The maximum Gasteiger partial charge on any atom is 0.0425 e. The van der Waals surface area contributed by atoms with Gasteiger partial charge in [0.05, 0.1) is 0 Å². The maximum atomic E-state index is 4.02. The minimum Gasteiger partial charge on any atom is -0.268 e. The van der Waals surface area contributed by atoms with Crippen molar-refractivity contribution in [2.75, 3.05) is 0 Å². The second-order valence-electron chi connectivity index (χ2n) is 3.80. The monoisotopic (exact) mass is 235 g/mol. The van der Waals surface area contributed by atoms with E-state index in [9.17, 15) is 0 Å². The number of hydrogen-bond donors (Lipinski definition) is 0. The highest BCUT2D eigenvalue weighted by atomic mass is 14.7. The Balaban J connectivity index is 2.91. The van der Waals surface area contributed by atoms with Crippen molar-refractivity contribution in [1.82, 2.24) is 0 Å². The third kappa shape index (κ3) is 4.27. The summed E-state index contributed by atoms with van der Waals surface area (Å²) in [5.74, 6) is 6.10.